The third-order valence-electron chi connectivity index (χ3n) is 8.21. The summed E-state index contributed by atoms with van der Waals surface area (Å²) in [5, 5.41) is 53.7. The highest BCUT2D eigenvalue weighted by Crippen LogP contribution is 2.23. The van der Waals surface area contributed by atoms with Crippen LogP contribution in [0.2, 0.25) is 0 Å². The van der Waals surface area contributed by atoms with Crippen molar-refractivity contribution in [3.05, 3.63) is 0 Å². The van der Waals surface area contributed by atoms with E-state index in [4.69, 9.17) is 9.47 Å². The second kappa shape index (κ2) is 24.6. The van der Waals surface area contributed by atoms with Crippen LogP contribution in [0, 0.1) is 0 Å². The van der Waals surface area contributed by atoms with Gasteiger partial charge >= 0.3 is 0 Å². The van der Waals surface area contributed by atoms with Gasteiger partial charge in [0.05, 0.1) is 25.4 Å². The Labute approximate surface area is 249 Å². The molecule has 0 aromatic rings. The molecule has 1 aliphatic rings. The molecular weight excluding hydrogens is 526 g/mol. The number of amides is 1. The smallest absolute Gasteiger partial charge is 0.220 e. The van der Waals surface area contributed by atoms with E-state index in [1.165, 1.54) is 77.0 Å². The van der Waals surface area contributed by atoms with Gasteiger partial charge in [0, 0.05) is 6.42 Å². The van der Waals surface area contributed by atoms with Crippen LogP contribution in [-0.4, -0.2) is 87.5 Å². The fourth-order valence-corrected chi connectivity index (χ4v) is 5.39. The average molecular weight is 590 g/mol. The number of unbranched alkanes of at least 4 members (excludes halogenated alkanes) is 16. The highest BCUT2D eigenvalue weighted by molar-refractivity contribution is 5.76. The summed E-state index contributed by atoms with van der Waals surface area (Å²) in [5.41, 5.74) is 0. The van der Waals surface area contributed by atoms with Crippen molar-refractivity contribution in [1.82, 2.24) is 5.32 Å². The first-order valence-corrected chi connectivity index (χ1v) is 16.7. The number of hydrogen-bond donors (Lipinski definition) is 6. The predicted octanol–water partition coefficient (Wildman–Crippen LogP) is 4.49. The van der Waals surface area contributed by atoms with Crippen LogP contribution in [0.1, 0.15) is 142 Å². The Morgan fingerprint density at radius 3 is 1.73 bits per heavy atom. The molecule has 2 unspecified atom stereocenters. The van der Waals surface area contributed by atoms with Gasteiger partial charge in [-0.15, -0.1) is 0 Å². The lowest BCUT2D eigenvalue weighted by Crippen LogP contribution is -2.60. The molecule has 41 heavy (non-hydrogen) atoms. The largest absolute Gasteiger partial charge is 0.394 e. The summed E-state index contributed by atoms with van der Waals surface area (Å²) in [6.45, 7) is 3.74. The zero-order chi connectivity index (χ0) is 30.3. The topological polar surface area (TPSA) is 149 Å². The van der Waals surface area contributed by atoms with Crippen molar-refractivity contribution < 1.29 is 39.8 Å². The summed E-state index contributed by atoms with van der Waals surface area (Å²) < 4.78 is 11.1. The van der Waals surface area contributed by atoms with Crippen LogP contribution >= 0.6 is 0 Å². The molecule has 0 saturated carbocycles. The van der Waals surface area contributed by atoms with Crippen molar-refractivity contribution in [2.24, 2.45) is 0 Å². The molecule has 1 rings (SSSR count). The number of carbonyl (C=O) groups is 1. The maximum Gasteiger partial charge on any atom is 0.220 e. The number of rotatable bonds is 26. The van der Waals surface area contributed by atoms with E-state index in [0.717, 1.165) is 38.5 Å². The third kappa shape index (κ3) is 17.2. The molecule has 1 aliphatic heterocycles. The van der Waals surface area contributed by atoms with Gasteiger partial charge in [-0.3, -0.25) is 4.79 Å². The minimum atomic E-state index is -1.54. The minimum absolute atomic E-state index is 0.134. The van der Waals surface area contributed by atoms with E-state index in [1.807, 2.05) is 0 Å². The quantitative estimate of drug-likeness (QED) is 0.0809. The van der Waals surface area contributed by atoms with Crippen LogP contribution in [0.5, 0.6) is 0 Å². The van der Waals surface area contributed by atoms with Gasteiger partial charge in [0.25, 0.3) is 0 Å². The Bertz CT molecular complexity index is 623. The maximum absolute atomic E-state index is 12.7. The van der Waals surface area contributed by atoms with Gasteiger partial charge < -0.3 is 40.3 Å². The zero-order valence-corrected chi connectivity index (χ0v) is 26.1. The fourth-order valence-electron chi connectivity index (χ4n) is 5.39. The molecule has 9 nitrogen and oxygen atoms in total. The number of aliphatic hydroxyl groups excluding tert-OH is 5. The summed E-state index contributed by atoms with van der Waals surface area (Å²) in [7, 11) is 0. The van der Waals surface area contributed by atoms with Gasteiger partial charge in [0.2, 0.25) is 5.91 Å². The number of aliphatic hydroxyl groups is 5. The Morgan fingerprint density at radius 1 is 0.732 bits per heavy atom. The van der Waals surface area contributed by atoms with Crippen LogP contribution in [0.15, 0.2) is 0 Å². The van der Waals surface area contributed by atoms with Crippen molar-refractivity contribution >= 4 is 5.91 Å². The Balaban J connectivity index is 2.50. The molecule has 1 amide bonds. The first kappa shape index (κ1) is 38.2. The van der Waals surface area contributed by atoms with Gasteiger partial charge in [0.1, 0.15) is 24.4 Å². The van der Waals surface area contributed by atoms with E-state index in [2.05, 4.69) is 19.2 Å². The second-order valence-electron chi connectivity index (χ2n) is 12.0. The molecule has 7 atom stereocenters. The zero-order valence-electron chi connectivity index (χ0n) is 26.1. The molecule has 0 radical (unpaired) electrons. The second-order valence-corrected chi connectivity index (χ2v) is 12.0. The highest BCUT2D eigenvalue weighted by atomic mass is 16.7. The first-order chi connectivity index (χ1) is 19.8. The average Bonchev–Trinajstić information content (AvgIpc) is 2.97. The summed E-state index contributed by atoms with van der Waals surface area (Å²) in [5.74, 6) is -0.152. The molecule has 1 saturated heterocycles. The number of nitrogens with one attached hydrogen (secondary N) is 1. The summed E-state index contributed by atoms with van der Waals surface area (Å²) in [4.78, 5) is 12.7. The van der Waals surface area contributed by atoms with Crippen molar-refractivity contribution in [2.75, 3.05) is 13.2 Å². The monoisotopic (exact) mass is 589 g/mol. The van der Waals surface area contributed by atoms with Gasteiger partial charge in [-0.25, -0.2) is 0 Å². The maximum atomic E-state index is 12.7. The minimum Gasteiger partial charge on any atom is -0.394 e. The number of carbonyl (C=O) groups excluding carboxylic acids is 1. The van der Waals surface area contributed by atoms with Crippen molar-refractivity contribution in [3.63, 3.8) is 0 Å². The van der Waals surface area contributed by atoms with Crippen LogP contribution in [0.4, 0.5) is 0 Å². The van der Waals surface area contributed by atoms with E-state index >= 15 is 0 Å². The van der Waals surface area contributed by atoms with Gasteiger partial charge in [-0.1, -0.05) is 123 Å². The van der Waals surface area contributed by atoms with Gasteiger partial charge in [0.15, 0.2) is 6.29 Å². The van der Waals surface area contributed by atoms with Gasteiger partial charge in [-0.2, -0.15) is 0 Å². The number of hydrogen-bond acceptors (Lipinski definition) is 8. The number of ether oxygens (including phenoxy) is 2. The SMILES string of the molecule is CCCCCCCCCCCC[C@@H](O)[C@H](CO[C@@H]1O[C@H](CO)[C@H](O)C(O)C1O)NC(=O)CCCCCCCCCC. The molecule has 0 bridgehead atoms. The van der Waals surface area contributed by atoms with Crippen molar-refractivity contribution in [1.29, 1.82) is 0 Å². The Kier molecular flexibility index (Phi) is 22.9. The van der Waals surface area contributed by atoms with E-state index < -0.39 is 49.5 Å². The summed E-state index contributed by atoms with van der Waals surface area (Å²) in [6.07, 6.45) is 14.1. The fraction of sp³-hybridized carbons (Fsp3) is 0.969. The molecule has 0 aromatic carbocycles. The lowest BCUT2D eigenvalue weighted by molar-refractivity contribution is -0.302. The van der Waals surface area contributed by atoms with E-state index in [1.54, 1.807) is 0 Å². The summed E-state index contributed by atoms with van der Waals surface area (Å²) in [6, 6.07) is -0.706. The lowest BCUT2D eigenvalue weighted by Gasteiger charge is -2.40. The molecule has 244 valence electrons. The van der Waals surface area contributed by atoms with Crippen molar-refractivity contribution in [2.45, 2.75) is 185 Å². The highest BCUT2D eigenvalue weighted by Gasteiger charge is 2.44. The van der Waals surface area contributed by atoms with Crippen LogP contribution in [0.25, 0.3) is 0 Å². The van der Waals surface area contributed by atoms with Gasteiger partial charge in [-0.05, 0) is 12.8 Å². The molecule has 0 aliphatic carbocycles. The lowest BCUT2D eigenvalue weighted by atomic mass is 9.99. The Morgan fingerprint density at radius 2 is 1.22 bits per heavy atom. The van der Waals surface area contributed by atoms with E-state index in [0.29, 0.717) is 12.8 Å². The molecule has 9 heteroatoms. The van der Waals surface area contributed by atoms with E-state index in [-0.39, 0.29) is 12.5 Å². The Hall–Kier alpha value is -0.810. The molecule has 0 spiro atoms. The van der Waals surface area contributed by atoms with E-state index in [9.17, 15) is 30.3 Å². The van der Waals surface area contributed by atoms with Crippen LogP contribution < -0.4 is 5.32 Å². The molecule has 1 heterocycles. The van der Waals surface area contributed by atoms with Crippen molar-refractivity contribution in [3.8, 4) is 0 Å². The molecular formula is C32H63NO8. The summed E-state index contributed by atoms with van der Waals surface area (Å²) >= 11 is 0. The van der Waals surface area contributed by atoms with Crippen LogP contribution in [-0.2, 0) is 14.3 Å². The predicted molar refractivity (Wildman–Crippen MR) is 161 cm³/mol. The molecule has 6 N–H and O–H groups in total. The normalized spacial score (nSPS) is 24.3. The molecule has 0 aromatic heterocycles. The standard InChI is InChI=1S/C32H63NO8/c1-3-5-7-9-11-13-14-15-17-19-21-26(35)25(33-28(36)22-20-18-16-12-10-8-6-4-2)24-40-32-31(39)30(38)29(37)27(23-34)41-32/h25-27,29-32,34-35,37-39H,3-24H2,1-2H3,(H,33,36)/t25-,26+,27+,29-,30?,31?,32+/m0/s1. The molecule has 1 fully saturated rings. The third-order valence-corrected chi connectivity index (χ3v) is 8.21. The van der Waals surface area contributed by atoms with Crippen LogP contribution in [0.3, 0.4) is 0 Å². The first-order valence-electron chi connectivity index (χ1n) is 16.7.